The molecule has 1 heterocycles. The zero-order valence-corrected chi connectivity index (χ0v) is 23.2. The third kappa shape index (κ3) is 3.96. The number of anilines is 1. The zero-order chi connectivity index (χ0) is 29.9. The number of aliphatic hydroxyl groups excluding tert-OH is 1. The van der Waals surface area contributed by atoms with Crippen LogP contribution in [-0.4, -0.2) is 46.6 Å². The zero-order valence-electron chi connectivity index (χ0n) is 23.2. The molecule has 1 saturated carbocycles. The van der Waals surface area contributed by atoms with Crippen molar-refractivity contribution in [2.24, 2.45) is 29.1 Å². The van der Waals surface area contributed by atoms with E-state index in [4.69, 9.17) is 4.74 Å². The van der Waals surface area contributed by atoms with Crippen LogP contribution in [0.4, 0.5) is 11.4 Å². The van der Waals surface area contributed by atoms with Crippen LogP contribution in [0, 0.1) is 39.2 Å². The number of Topliss-reactive ketones (excluding diaryl/α,β-unsaturated/α-hetero) is 1. The molecule has 2 aromatic carbocycles. The summed E-state index contributed by atoms with van der Waals surface area (Å²) in [4.78, 5) is 67.1. The van der Waals surface area contributed by atoms with Gasteiger partial charge in [-0.2, -0.15) is 0 Å². The number of ether oxygens (including phenoxy) is 1. The molecule has 2 amide bonds. The second-order valence-corrected chi connectivity index (χ2v) is 11.6. The summed E-state index contributed by atoms with van der Waals surface area (Å²) in [5, 5.41) is 20.8. The lowest BCUT2D eigenvalue weighted by atomic mass is 9.47. The average Bonchev–Trinajstić information content (AvgIpc) is 3.24. The molecule has 3 aliphatic carbocycles. The third-order valence-corrected chi connectivity index (χ3v) is 9.52. The maximum atomic E-state index is 14.1. The van der Waals surface area contributed by atoms with Crippen molar-refractivity contribution in [2.75, 3.05) is 18.1 Å². The van der Waals surface area contributed by atoms with Crippen LogP contribution >= 0.6 is 0 Å². The summed E-state index contributed by atoms with van der Waals surface area (Å²) in [6.07, 6.45) is 3.79. The van der Waals surface area contributed by atoms with Crippen LogP contribution in [0.3, 0.4) is 0 Å². The molecule has 1 aliphatic heterocycles. The van der Waals surface area contributed by atoms with E-state index in [1.54, 1.807) is 19.1 Å². The standard InChI is InChI=1S/C32H30N2O8/c1-17-14-25(36)24-16-23-20(28(32(24,2)29(17)37)21-8-3-4-9-26(21)42-13-12-35)10-11-22-27(23)31(39)33(30(22)38)18-6-5-7-19(15-18)34(40)41/h3-10,14-15,22-24,27-28,35H,11-13,16H2,1-2H3/t22-,23+,24-,27-,28+,32+/m0/s1. The molecule has 0 aromatic heterocycles. The number of allylic oxidation sites excluding steroid dienone is 4. The number of nitro benzene ring substituents is 1. The largest absolute Gasteiger partial charge is 0.491 e. The molecule has 1 N–H and O–H groups in total. The van der Waals surface area contributed by atoms with Gasteiger partial charge in [0.1, 0.15) is 12.4 Å². The minimum absolute atomic E-state index is 0.0357. The van der Waals surface area contributed by atoms with Gasteiger partial charge in [-0.25, -0.2) is 4.90 Å². The molecule has 2 fully saturated rings. The number of rotatable bonds is 6. The Kier molecular flexibility index (Phi) is 6.68. The summed E-state index contributed by atoms with van der Waals surface area (Å²) in [6, 6.07) is 12.7. The number of fused-ring (bicyclic) bond motifs is 4. The highest BCUT2D eigenvalue weighted by atomic mass is 16.6. The van der Waals surface area contributed by atoms with E-state index in [9.17, 15) is 34.4 Å². The average molecular weight is 571 g/mol. The van der Waals surface area contributed by atoms with Gasteiger partial charge < -0.3 is 9.84 Å². The van der Waals surface area contributed by atoms with Crippen molar-refractivity contribution >= 4 is 34.8 Å². The predicted octanol–water partition coefficient (Wildman–Crippen LogP) is 3.93. The molecule has 216 valence electrons. The Balaban J connectivity index is 1.49. The van der Waals surface area contributed by atoms with Crippen LogP contribution in [0.1, 0.15) is 38.2 Å². The van der Waals surface area contributed by atoms with Gasteiger partial charge in [0.2, 0.25) is 11.8 Å². The molecule has 10 nitrogen and oxygen atoms in total. The van der Waals surface area contributed by atoms with Crippen molar-refractivity contribution in [3.8, 4) is 5.75 Å². The number of nitro groups is 1. The first kappa shape index (κ1) is 27.7. The van der Waals surface area contributed by atoms with Gasteiger partial charge in [0.25, 0.3) is 5.69 Å². The van der Waals surface area contributed by atoms with Gasteiger partial charge in [-0.15, -0.1) is 0 Å². The normalized spacial score (nSPS) is 30.3. The highest BCUT2D eigenvalue weighted by Crippen LogP contribution is 2.63. The van der Waals surface area contributed by atoms with Gasteiger partial charge in [-0.1, -0.05) is 42.8 Å². The highest BCUT2D eigenvalue weighted by Gasteiger charge is 2.63. The highest BCUT2D eigenvalue weighted by molar-refractivity contribution is 6.22. The van der Waals surface area contributed by atoms with Crippen molar-refractivity contribution in [3.05, 3.63) is 87.5 Å². The molecule has 0 bridgehead atoms. The third-order valence-electron chi connectivity index (χ3n) is 9.52. The van der Waals surface area contributed by atoms with Gasteiger partial charge >= 0.3 is 0 Å². The predicted molar refractivity (Wildman–Crippen MR) is 151 cm³/mol. The van der Waals surface area contributed by atoms with Crippen LogP contribution in [0.2, 0.25) is 0 Å². The number of carbonyl (C=O) groups is 4. The molecule has 0 spiro atoms. The summed E-state index contributed by atoms with van der Waals surface area (Å²) < 4.78 is 5.89. The Morgan fingerprint density at radius 2 is 1.83 bits per heavy atom. The van der Waals surface area contributed by atoms with E-state index in [1.807, 2.05) is 25.1 Å². The smallest absolute Gasteiger partial charge is 0.271 e. The van der Waals surface area contributed by atoms with Gasteiger partial charge in [0.05, 0.1) is 34.5 Å². The fourth-order valence-corrected chi connectivity index (χ4v) is 7.75. The number of amides is 2. The van der Waals surface area contributed by atoms with E-state index in [0.29, 0.717) is 16.9 Å². The van der Waals surface area contributed by atoms with E-state index < -0.39 is 51.7 Å². The molecule has 2 aromatic rings. The number of non-ortho nitro benzene ring substituents is 1. The molecule has 1 saturated heterocycles. The number of hydrogen-bond donors (Lipinski definition) is 1. The molecule has 6 rings (SSSR count). The van der Waals surface area contributed by atoms with Crippen LogP contribution in [-0.2, 0) is 19.2 Å². The summed E-state index contributed by atoms with van der Waals surface area (Å²) in [5.74, 6) is -4.11. The summed E-state index contributed by atoms with van der Waals surface area (Å²) >= 11 is 0. The Morgan fingerprint density at radius 1 is 1.07 bits per heavy atom. The fraction of sp³-hybridized carbons (Fsp3) is 0.375. The van der Waals surface area contributed by atoms with Crippen molar-refractivity contribution < 1.29 is 33.9 Å². The molecular formula is C32H30N2O8. The van der Waals surface area contributed by atoms with Gasteiger partial charge in [-0.3, -0.25) is 29.3 Å². The monoisotopic (exact) mass is 570 g/mol. The lowest BCUT2D eigenvalue weighted by molar-refractivity contribution is -0.384. The van der Waals surface area contributed by atoms with E-state index >= 15 is 0 Å². The molecule has 6 atom stereocenters. The number of hydrogen-bond acceptors (Lipinski definition) is 8. The van der Waals surface area contributed by atoms with E-state index in [1.165, 1.54) is 30.3 Å². The lowest BCUT2D eigenvalue weighted by Crippen LogP contribution is -2.54. The minimum atomic E-state index is -1.16. The van der Waals surface area contributed by atoms with Crippen LogP contribution in [0.15, 0.2) is 71.8 Å². The number of benzene rings is 2. The fourth-order valence-electron chi connectivity index (χ4n) is 7.75. The number of imide groups is 1. The summed E-state index contributed by atoms with van der Waals surface area (Å²) in [7, 11) is 0. The number of ketones is 2. The van der Waals surface area contributed by atoms with Crippen molar-refractivity contribution in [1.29, 1.82) is 0 Å². The van der Waals surface area contributed by atoms with Gasteiger partial charge in [0.15, 0.2) is 11.6 Å². The van der Waals surface area contributed by atoms with Crippen LogP contribution in [0.5, 0.6) is 5.75 Å². The van der Waals surface area contributed by atoms with Gasteiger partial charge in [-0.05, 0) is 49.5 Å². The second-order valence-electron chi connectivity index (χ2n) is 11.6. The second kappa shape index (κ2) is 10.1. The number of aliphatic hydroxyl groups is 1. The Bertz CT molecular complexity index is 1610. The molecule has 42 heavy (non-hydrogen) atoms. The molecule has 4 aliphatic rings. The van der Waals surface area contributed by atoms with Crippen LogP contribution in [0.25, 0.3) is 0 Å². The summed E-state index contributed by atoms with van der Waals surface area (Å²) in [5.41, 5.74) is 0.605. The van der Waals surface area contributed by atoms with E-state index in [-0.39, 0.29) is 49.0 Å². The molecule has 0 unspecified atom stereocenters. The quantitative estimate of drug-likeness (QED) is 0.238. The first-order chi connectivity index (χ1) is 20.1. The first-order valence-electron chi connectivity index (χ1n) is 14.0. The molecule has 0 radical (unpaired) electrons. The summed E-state index contributed by atoms with van der Waals surface area (Å²) in [6.45, 7) is 3.27. The Labute approximate surface area is 241 Å². The molecule has 10 heteroatoms. The van der Waals surface area contributed by atoms with Crippen molar-refractivity contribution in [1.82, 2.24) is 0 Å². The number of carbonyl (C=O) groups excluding carboxylic acids is 4. The number of nitrogens with zero attached hydrogens (tertiary/aromatic N) is 2. The Hall–Kier alpha value is -4.44. The maximum absolute atomic E-state index is 14.1. The maximum Gasteiger partial charge on any atom is 0.271 e. The lowest BCUT2D eigenvalue weighted by Gasteiger charge is -2.53. The topological polar surface area (TPSA) is 144 Å². The van der Waals surface area contributed by atoms with Crippen LogP contribution < -0.4 is 9.64 Å². The van der Waals surface area contributed by atoms with Crippen molar-refractivity contribution in [2.45, 2.75) is 32.6 Å². The molecular weight excluding hydrogens is 540 g/mol. The number of para-hydroxylation sites is 1. The Morgan fingerprint density at radius 3 is 2.57 bits per heavy atom. The van der Waals surface area contributed by atoms with Gasteiger partial charge in [0, 0.05) is 29.5 Å². The van der Waals surface area contributed by atoms with Crippen molar-refractivity contribution in [3.63, 3.8) is 0 Å². The van der Waals surface area contributed by atoms with E-state index in [2.05, 4.69) is 0 Å². The first-order valence-corrected chi connectivity index (χ1v) is 14.0. The van der Waals surface area contributed by atoms with E-state index in [0.717, 1.165) is 10.5 Å². The minimum Gasteiger partial charge on any atom is -0.491 e. The SMILES string of the molecule is CC1=CC(=O)[C@@H]2C[C@@H]3C(=CC[C@@H]4C(=O)N(c5cccc([N+](=O)[O-])c5)C(=O)[C@@H]43)[C@H](c3ccccc3OCCO)[C@]2(C)C1=O.